The maximum atomic E-state index is 14.3. The van der Waals surface area contributed by atoms with Gasteiger partial charge in [-0.2, -0.15) is 0 Å². The third-order valence-corrected chi connectivity index (χ3v) is 8.14. The summed E-state index contributed by atoms with van der Waals surface area (Å²) < 4.78 is 33.0. The fraction of sp³-hybridized carbons (Fsp3) is 0.520. The number of ether oxygens (including phenoxy) is 1. The number of aliphatic hydroxyl groups excluding tert-OH is 1. The molecule has 0 amide bonds. The second-order valence-corrected chi connectivity index (χ2v) is 9.86. The van der Waals surface area contributed by atoms with Gasteiger partial charge in [0.1, 0.15) is 11.6 Å². The molecule has 0 spiro atoms. The molecule has 0 unspecified atom stereocenters. The fourth-order valence-electron chi connectivity index (χ4n) is 4.71. The first-order valence-electron chi connectivity index (χ1n) is 11.0. The molecule has 1 aliphatic rings. The molecule has 3 atom stereocenters. The number of unbranched alkanes of at least 4 members (excludes halogenated alkanes) is 2. The quantitative estimate of drug-likeness (QED) is 0.572. The number of rotatable bonds is 8. The zero-order valence-electron chi connectivity index (χ0n) is 18.2. The van der Waals surface area contributed by atoms with E-state index in [4.69, 9.17) is 4.74 Å². The first-order valence-corrected chi connectivity index (χ1v) is 12.3. The number of fused-ring (bicyclic) bond motifs is 1. The normalized spacial score (nSPS) is 22.9. The number of hydrogen-bond acceptors (Lipinski definition) is 3. The lowest BCUT2D eigenvalue weighted by Crippen LogP contribution is -2.42. The van der Waals surface area contributed by atoms with Crippen LogP contribution >= 0.6 is 0 Å². The molecule has 0 fully saturated rings. The van der Waals surface area contributed by atoms with Crippen LogP contribution in [0.5, 0.6) is 5.75 Å². The SMILES string of the molecule is CCCCC1(CCCC)C[S@@](=O)c2ccc(F)cc2[C@@H](c2ccc(OC)cc2)[C@@H]1O. The minimum absolute atomic E-state index is 0.369. The van der Waals surface area contributed by atoms with Crippen LogP contribution in [0.2, 0.25) is 0 Å². The molecule has 0 bridgehead atoms. The lowest BCUT2D eigenvalue weighted by molar-refractivity contribution is 0.0130. The lowest BCUT2D eigenvalue weighted by Gasteiger charge is -2.40. The van der Waals surface area contributed by atoms with E-state index in [1.165, 1.54) is 12.1 Å². The van der Waals surface area contributed by atoms with Crippen molar-refractivity contribution in [2.45, 2.75) is 69.3 Å². The number of methoxy groups -OCH3 is 1. The van der Waals surface area contributed by atoms with E-state index in [0.717, 1.165) is 49.8 Å². The van der Waals surface area contributed by atoms with Gasteiger partial charge in [0.2, 0.25) is 0 Å². The maximum Gasteiger partial charge on any atom is 0.123 e. The summed E-state index contributed by atoms with van der Waals surface area (Å²) in [5.41, 5.74) is 1.07. The average Bonchev–Trinajstić information content (AvgIpc) is 2.84. The van der Waals surface area contributed by atoms with Crippen molar-refractivity contribution in [2.75, 3.05) is 12.9 Å². The molecule has 3 rings (SSSR count). The summed E-state index contributed by atoms with van der Waals surface area (Å²) in [7, 11) is 0.325. The Balaban J connectivity index is 2.18. The second-order valence-electron chi connectivity index (χ2n) is 8.44. The van der Waals surface area contributed by atoms with Crippen LogP contribution in [0.25, 0.3) is 0 Å². The molecule has 1 aliphatic heterocycles. The highest BCUT2D eigenvalue weighted by Gasteiger charge is 2.47. The van der Waals surface area contributed by atoms with Crippen molar-refractivity contribution in [3.8, 4) is 5.75 Å². The van der Waals surface area contributed by atoms with Crippen LogP contribution < -0.4 is 4.74 Å². The topological polar surface area (TPSA) is 46.5 Å². The molecule has 0 saturated heterocycles. The number of hydrogen-bond donors (Lipinski definition) is 1. The minimum atomic E-state index is -1.29. The van der Waals surface area contributed by atoms with Crippen molar-refractivity contribution in [2.24, 2.45) is 5.41 Å². The van der Waals surface area contributed by atoms with Crippen molar-refractivity contribution >= 4 is 10.8 Å². The van der Waals surface area contributed by atoms with Crippen LogP contribution in [0.15, 0.2) is 47.4 Å². The Labute approximate surface area is 182 Å². The van der Waals surface area contributed by atoms with Crippen LogP contribution in [-0.4, -0.2) is 28.3 Å². The van der Waals surface area contributed by atoms with E-state index >= 15 is 0 Å². The van der Waals surface area contributed by atoms with Crippen LogP contribution in [0.4, 0.5) is 4.39 Å². The summed E-state index contributed by atoms with van der Waals surface area (Å²) in [6.07, 6.45) is 4.87. The smallest absolute Gasteiger partial charge is 0.123 e. The molecule has 5 heteroatoms. The Morgan fingerprint density at radius 2 is 1.73 bits per heavy atom. The summed E-state index contributed by atoms with van der Waals surface area (Å²) in [6.45, 7) is 4.28. The molecule has 30 heavy (non-hydrogen) atoms. The number of halogens is 1. The molecule has 0 saturated carbocycles. The zero-order valence-corrected chi connectivity index (χ0v) is 19.0. The molecule has 1 heterocycles. The van der Waals surface area contributed by atoms with Gasteiger partial charge in [-0.05, 0) is 54.3 Å². The summed E-state index contributed by atoms with van der Waals surface area (Å²) in [5.74, 6) is 0.348. The summed E-state index contributed by atoms with van der Waals surface area (Å²) in [6, 6.07) is 12.1. The van der Waals surface area contributed by atoms with E-state index in [-0.39, 0.29) is 5.82 Å². The Hall–Kier alpha value is -1.72. The second kappa shape index (κ2) is 10.1. The number of aliphatic hydroxyl groups is 1. The lowest BCUT2D eigenvalue weighted by atomic mass is 9.68. The Kier molecular flexibility index (Phi) is 7.70. The Morgan fingerprint density at radius 1 is 1.10 bits per heavy atom. The molecule has 2 aromatic carbocycles. The predicted molar refractivity (Wildman–Crippen MR) is 120 cm³/mol. The third kappa shape index (κ3) is 4.62. The molecule has 0 radical (unpaired) electrons. The van der Waals surface area contributed by atoms with Gasteiger partial charge in [0.25, 0.3) is 0 Å². The molecule has 0 aromatic heterocycles. The first-order chi connectivity index (χ1) is 14.5. The fourth-order valence-corrected chi connectivity index (χ4v) is 6.52. The summed E-state index contributed by atoms with van der Waals surface area (Å²) >= 11 is 0. The van der Waals surface area contributed by atoms with Crippen molar-refractivity contribution in [3.05, 3.63) is 59.4 Å². The first kappa shape index (κ1) is 23.0. The van der Waals surface area contributed by atoms with Gasteiger partial charge in [0.15, 0.2) is 0 Å². The number of benzene rings is 2. The highest BCUT2D eigenvalue weighted by molar-refractivity contribution is 7.85. The van der Waals surface area contributed by atoms with Gasteiger partial charge in [-0.15, -0.1) is 0 Å². The maximum absolute atomic E-state index is 14.3. The third-order valence-electron chi connectivity index (χ3n) is 6.45. The van der Waals surface area contributed by atoms with E-state index in [0.29, 0.717) is 16.2 Å². The van der Waals surface area contributed by atoms with Gasteiger partial charge in [-0.25, -0.2) is 4.39 Å². The predicted octanol–water partition coefficient (Wildman–Crippen LogP) is 5.82. The minimum Gasteiger partial charge on any atom is -0.497 e. The van der Waals surface area contributed by atoms with Gasteiger partial charge < -0.3 is 9.84 Å². The van der Waals surface area contributed by atoms with E-state index in [1.807, 2.05) is 24.3 Å². The highest BCUT2D eigenvalue weighted by Crippen LogP contribution is 2.48. The van der Waals surface area contributed by atoms with Crippen LogP contribution in [0, 0.1) is 11.2 Å². The monoisotopic (exact) mass is 432 g/mol. The molecular formula is C25H33FO3S. The van der Waals surface area contributed by atoms with E-state index in [9.17, 15) is 13.7 Å². The zero-order chi connectivity index (χ0) is 21.7. The largest absolute Gasteiger partial charge is 0.497 e. The Bertz CT molecular complexity index is 857. The molecule has 2 aromatic rings. The van der Waals surface area contributed by atoms with Gasteiger partial charge in [0.05, 0.1) is 24.0 Å². The molecule has 3 nitrogen and oxygen atoms in total. The standard InChI is InChI=1S/C25H33FO3S/c1-4-6-14-25(15-7-5-2)17-30(28)22-13-10-19(26)16-21(22)23(24(25)27)18-8-11-20(29-3)12-9-18/h8-13,16,23-24,27H,4-7,14-15,17H2,1-3H3/t23-,24+,30-/m1/s1. The molecule has 0 aliphatic carbocycles. The van der Waals surface area contributed by atoms with Crippen molar-refractivity contribution in [1.29, 1.82) is 0 Å². The van der Waals surface area contributed by atoms with Crippen LogP contribution in [-0.2, 0) is 10.8 Å². The van der Waals surface area contributed by atoms with E-state index in [2.05, 4.69) is 13.8 Å². The van der Waals surface area contributed by atoms with Crippen molar-refractivity contribution < 1.29 is 18.4 Å². The van der Waals surface area contributed by atoms with Gasteiger partial charge in [-0.1, -0.05) is 51.7 Å². The molecular weight excluding hydrogens is 399 g/mol. The van der Waals surface area contributed by atoms with Gasteiger partial charge in [-0.3, -0.25) is 4.21 Å². The molecule has 164 valence electrons. The summed E-state index contributed by atoms with van der Waals surface area (Å²) in [4.78, 5) is 0.645. The average molecular weight is 433 g/mol. The highest BCUT2D eigenvalue weighted by atomic mass is 32.2. The molecule has 1 N–H and O–H groups in total. The van der Waals surface area contributed by atoms with Gasteiger partial charge in [0, 0.05) is 22.0 Å². The van der Waals surface area contributed by atoms with E-state index in [1.54, 1.807) is 13.2 Å². The van der Waals surface area contributed by atoms with E-state index < -0.39 is 28.2 Å². The van der Waals surface area contributed by atoms with Crippen molar-refractivity contribution in [3.63, 3.8) is 0 Å². The van der Waals surface area contributed by atoms with Crippen LogP contribution in [0.1, 0.15) is 69.4 Å². The van der Waals surface area contributed by atoms with Crippen LogP contribution in [0.3, 0.4) is 0 Å². The Morgan fingerprint density at radius 3 is 2.30 bits per heavy atom. The van der Waals surface area contributed by atoms with Gasteiger partial charge >= 0.3 is 0 Å². The summed E-state index contributed by atoms with van der Waals surface area (Å²) in [5, 5.41) is 11.9. The van der Waals surface area contributed by atoms with Crippen molar-refractivity contribution in [1.82, 2.24) is 0 Å².